The first-order valence-corrected chi connectivity index (χ1v) is 6.92. The van der Waals surface area contributed by atoms with Crippen molar-refractivity contribution < 1.29 is 9.13 Å². The lowest BCUT2D eigenvalue weighted by atomic mass is 10.0. The van der Waals surface area contributed by atoms with E-state index in [2.05, 4.69) is 29.8 Å². The third-order valence-corrected chi connectivity index (χ3v) is 4.40. The molecule has 0 aromatic heterocycles. The van der Waals surface area contributed by atoms with Crippen LogP contribution in [0.3, 0.4) is 0 Å². The molecule has 0 N–H and O–H groups in total. The summed E-state index contributed by atoms with van der Waals surface area (Å²) in [5.74, 6) is 0.682. The molecule has 0 fully saturated rings. The molecular formula is C14H20BrFO. The van der Waals surface area contributed by atoms with E-state index in [1.165, 1.54) is 7.11 Å². The first-order chi connectivity index (χ1) is 8.04. The van der Waals surface area contributed by atoms with E-state index in [0.29, 0.717) is 16.5 Å². The van der Waals surface area contributed by atoms with Gasteiger partial charge in [-0.2, -0.15) is 0 Å². The van der Waals surface area contributed by atoms with Gasteiger partial charge in [0.15, 0.2) is 11.6 Å². The summed E-state index contributed by atoms with van der Waals surface area (Å²) in [4.78, 5) is 0.547. The van der Waals surface area contributed by atoms with Crippen molar-refractivity contribution in [1.29, 1.82) is 0 Å². The summed E-state index contributed by atoms with van der Waals surface area (Å²) >= 11 is 3.66. The highest BCUT2D eigenvalue weighted by molar-refractivity contribution is 9.09. The van der Waals surface area contributed by atoms with Crippen LogP contribution >= 0.6 is 15.9 Å². The third kappa shape index (κ3) is 4.66. The van der Waals surface area contributed by atoms with Gasteiger partial charge in [-0.15, -0.1) is 0 Å². The van der Waals surface area contributed by atoms with Gasteiger partial charge in [0.25, 0.3) is 0 Å². The molecule has 1 rings (SSSR count). The van der Waals surface area contributed by atoms with E-state index in [0.717, 1.165) is 24.8 Å². The van der Waals surface area contributed by atoms with Crippen molar-refractivity contribution in [2.24, 2.45) is 5.92 Å². The molecular weight excluding hydrogens is 283 g/mol. The Kier molecular flexibility index (Phi) is 5.96. The van der Waals surface area contributed by atoms with E-state index in [1.807, 2.05) is 6.07 Å². The van der Waals surface area contributed by atoms with E-state index >= 15 is 0 Å². The Labute approximate surface area is 111 Å². The standard InChI is InChI=1S/C14H20BrFO/c1-10(2)12(15)6-4-5-11-7-8-14(17-3)13(16)9-11/h7-10,12H,4-6H2,1-3H3. The van der Waals surface area contributed by atoms with Gasteiger partial charge in [-0.05, 0) is 42.9 Å². The monoisotopic (exact) mass is 302 g/mol. The molecule has 0 aliphatic carbocycles. The van der Waals surface area contributed by atoms with Crippen molar-refractivity contribution >= 4 is 15.9 Å². The fraction of sp³-hybridized carbons (Fsp3) is 0.571. The normalized spacial score (nSPS) is 12.8. The van der Waals surface area contributed by atoms with Crippen LogP contribution in [0.2, 0.25) is 0 Å². The summed E-state index contributed by atoms with van der Waals surface area (Å²) in [6, 6.07) is 5.19. The minimum absolute atomic E-state index is 0.274. The number of benzene rings is 1. The van der Waals surface area contributed by atoms with Crippen LogP contribution in [-0.4, -0.2) is 11.9 Å². The summed E-state index contributed by atoms with van der Waals surface area (Å²) in [6.45, 7) is 4.40. The molecule has 1 aromatic rings. The van der Waals surface area contributed by atoms with Gasteiger partial charge in [0.05, 0.1) is 7.11 Å². The second-order valence-corrected chi connectivity index (χ2v) is 5.80. The Balaban J connectivity index is 2.45. The molecule has 0 spiro atoms. The average Bonchev–Trinajstić information content (AvgIpc) is 2.29. The summed E-state index contributed by atoms with van der Waals surface area (Å²) < 4.78 is 18.3. The average molecular weight is 303 g/mol. The second kappa shape index (κ2) is 7.00. The Bertz CT molecular complexity index is 352. The molecule has 0 radical (unpaired) electrons. The molecule has 0 aliphatic rings. The van der Waals surface area contributed by atoms with Crippen molar-refractivity contribution in [3.63, 3.8) is 0 Å². The van der Waals surface area contributed by atoms with Crippen LogP contribution in [0.15, 0.2) is 18.2 Å². The van der Waals surface area contributed by atoms with Crippen molar-refractivity contribution in [3.8, 4) is 5.75 Å². The Morgan fingerprint density at radius 2 is 2.06 bits per heavy atom. The van der Waals surface area contributed by atoms with Crippen LogP contribution in [0.5, 0.6) is 5.75 Å². The summed E-state index contributed by atoms with van der Waals surface area (Å²) in [7, 11) is 1.48. The second-order valence-electron chi connectivity index (χ2n) is 4.62. The van der Waals surface area contributed by atoms with Crippen LogP contribution < -0.4 is 4.74 Å². The van der Waals surface area contributed by atoms with E-state index in [4.69, 9.17) is 4.74 Å². The molecule has 1 nitrogen and oxygen atoms in total. The van der Waals surface area contributed by atoms with Crippen LogP contribution in [0, 0.1) is 11.7 Å². The molecule has 0 amide bonds. The zero-order chi connectivity index (χ0) is 12.8. The van der Waals surface area contributed by atoms with Crippen molar-refractivity contribution in [2.45, 2.75) is 37.9 Å². The predicted octanol–water partition coefficient (Wildman–Crippen LogP) is 4.58. The number of alkyl halides is 1. The summed E-state index contributed by atoms with van der Waals surface area (Å²) in [6.07, 6.45) is 3.10. The van der Waals surface area contributed by atoms with Crippen LogP contribution in [0.4, 0.5) is 4.39 Å². The zero-order valence-corrected chi connectivity index (χ0v) is 12.3. The third-order valence-electron chi connectivity index (χ3n) is 2.88. The number of aryl methyl sites for hydroxylation is 1. The van der Waals surface area contributed by atoms with E-state index in [1.54, 1.807) is 12.1 Å². The van der Waals surface area contributed by atoms with Crippen LogP contribution in [0.1, 0.15) is 32.3 Å². The number of hydrogen-bond acceptors (Lipinski definition) is 1. The van der Waals surface area contributed by atoms with Gasteiger partial charge < -0.3 is 4.74 Å². The quantitative estimate of drug-likeness (QED) is 0.699. The molecule has 0 heterocycles. The summed E-state index contributed by atoms with van der Waals surface area (Å²) in [5.41, 5.74) is 1.03. The lowest BCUT2D eigenvalue weighted by Crippen LogP contribution is -2.07. The first-order valence-electron chi connectivity index (χ1n) is 6.01. The van der Waals surface area contributed by atoms with Gasteiger partial charge in [0.1, 0.15) is 0 Å². The molecule has 17 heavy (non-hydrogen) atoms. The van der Waals surface area contributed by atoms with Crippen molar-refractivity contribution in [2.75, 3.05) is 7.11 Å². The number of rotatable bonds is 6. The lowest BCUT2D eigenvalue weighted by Gasteiger charge is -2.13. The van der Waals surface area contributed by atoms with E-state index in [9.17, 15) is 4.39 Å². The molecule has 0 saturated heterocycles. The molecule has 1 unspecified atom stereocenters. The Morgan fingerprint density at radius 3 is 2.59 bits per heavy atom. The SMILES string of the molecule is COc1ccc(CCCC(Br)C(C)C)cc1F. The highest BCUT2D eigenvalue weighted by Crippen LogP contribution is 2.21. The highest BCUT2D eigenvalue weighted by Gasteiger charge is 2.09. The van der Waals surface area contributed by atoms with E-state index < -0.39 is 0 Å². The number of methoxy groups -OCH3 is 1. The van der Waals surface area contributed by atoms with Gasteiger partial charge in [0.2, 0.25) is 0 Å². The minimum Gasteiger partial charge on any atom is -0.494 e. The topological polar surface area (TPSA) is 9.23 Å². The molecule has 1 aromatic carbocycles. The maximum atomic E-state index is 13.4. The van der Waals surface area contributed by atoms with Crippen LogP contribution in [0.25, 0.3) is 0 Å². The predicted molar refractivity (Wildman–Crippen MR) is 73.4 cm³/mol. The van der Waals surface area contributed by atoms with Crippen molar-refractivity contribution in [3.05, 3.63) is 29.6 Å². The first kappa shape index (κ1) is 14.5. The van der Waals surface area contributed by atoms with Gasteiger partial charge in [-0.1, -0.05) is 35.8 Å². The highest BCUT2D eigenvalue weighted by atomic mass is 79.9. The van der Waals surface area contributed by atoms with Gasteiger partial charge in [-0.25, -0.2) is 4.39 Å². The zero-order valence-electron chi connectivity index (χ0n) is 10.7. The molecule has 1 atom stereocenters. The molecule has 3 heteroatoms. The Morgan fingerprint density at radius 1 is 1.35 bits per heavy atom. The van der Waals surface area contributed by atoms with E-state index in [-0.39, 0.29) is 5.82 Å². The molecule has 96 valence electrons. The van der Waals surface area contributed by atoms with Crippen LogP contribution in [-0.2, 0) is 6.42 Å². The fourth-order valence-electron chi connectivity index (χ4n) is 1.70. The largest absolute Gasteiger partial charge is 0.494 e. The summed E-state index contributed by atoms with van der Waals surface area (Å²) in [5, 5.41) is 0. The Hall–Kier alpha value is -0.570. The lowest BCUT2D eigenvalue weighted by molar-refractivity contribution is 0.386. The fourth-order valence-corrected chi connectivity index (χ4v) is 2.02. The van der Waals surface area contributed by atoms with Gasteiger partial charge in [0, 0.05) is 4.83 Å². The molecule has 0 aliphatic heterocycles. The smallest absolute Gasteiger partial charge is 0.165 e. The number of hydrogen-bond donors (Lipinski definition) is 0. The van der Waals surface area contributed by atoms with Crippen molar-refractivity contribution in [1.82, 2.24) is 0 Å². The van der Waals surface area contributed by atoms with Gasteiger partial charge in [-0.3, -0.25) is 0 Å². The number of halogens is 2. The minimum atomic E-state index is -0.274. The number of ether oxygens (including phenoxy) is 1. The molecule has 0 bridgehead atoms. The maximum Gasteiger partial charge on any atom is 0.165 e. The molecule has 0 saturated carbocycles. The maximum absolute atomic E-state index is 13.4. The van der Waals surface area contributed by atoms with Gasteiger partial charge >= 0.3 is 0 Å².